The molecular formula is C11H15N3O. The number of H-pyrrole nitrogens is 1. The first kappa shape index (κ1) is 9.98. The molecule has 2 aromatic heterocycles. The molecule has 0 aliphatic carbocycles. The van der Waals surface area contributed by atoms with Crippen LogP contribution in [0.2, 0.25) is 0 Å². The van der Waals surface area contributed by atoms with Crippen LogP contribution in [0, 0.1) is 0 Å². The number of rotatable bonds is 5. The molecule has 0 spiro atoms. The molecule has 4 nitrogen and oxygen atoms in total. The molecule has 0 amide bonds. The number of hydrogen-bond donors (Lipinski definition) is 2. The fraction of sp³-hybridized carbons (Fsp3) is 0.364. The maximum absolute atomic E-state index is 5.47. The van der Waals surface area contributed by atoms with E-state index >= 15 is 0 Å². The van der Waals surface area contributed by atoms with Crippen LogP contribution in [0.1, 0.15) is 24.1 Å². The smallest absolute Gasteiger partial charge is 0.208 e. The monoisotopic (exact) mass is 205 g/mol. The van der Waals surface area contributed by atoms with Gasteiger partial charge in [-0.15, -0.1) is 0 Å². The fourth-order valence-corrected chi connectivity index (χ4v) is 1.38. The molecule has 2 heterocycles. The Morgan fingerprint density at radius 3 is 3.07 bits per heavy atom. The third-order valence-corrected chi connectivity index (χ3v) is 2.22. The van der Waals surface area contributed by atoms with Gasteiger partial charge in [0.2, 0.25) is 5.89 Å². The Labute approximate surface area is 88.7 Å². The van der Waals surface area contributed by atoms with Gasteiger partial charge in [0.05, 0.1) is 12.7 Å². The Morgan fingerprint density at radius 2 is 2.40 bits per heavy atom. The minimum Gasteiger partial charge on any atom is -0.444 e. The largest absolute Gasteiger partial charge is 0.444 e. The summed E-state index contributed by atoms with van der Waals surface area (Å²) in [6.07, 6.45) is 6.56. The highest BCUT2D eigenvalue weighted by atomic mass is 16.4. The minimum absolute atomic E-state index is 0.672. The lowest BCUT2D eigenvalue weighted by Gasteiger charge is -1.98. The number of hydrogen-bond acceptors (Lipinski definition) is 3. The molecule has 2 rings (SSSR count). The van der Waals surface area contributed by atoms with Gasteiger partial charge < -0.3 is 14.7 Å². The fourth-order valence-electron chi connectivity index (χ4n) is 1.38. The highest BCUT2D eigenvalue weighted by molar-refractivity contribution is 5.07. The summed E-state index contributed by atoms with van der Waals surface area (Å²) in [5.41, 5.74) is 1.23. The predicted octanol–water partition coefficient (Wildman–Crippen LogP) is 1.85. The van der Waals surface area contributed by atoms with Crippen LogP contribution < -0.4 is 5.32 Å². The summed E-state index contributed by atoms with van der Waals surface area (Å²) in [5.74, 6) is 1.69. The van der Waals surface area contributed by atoms with Crippen LogP contribution >= 0.6 is 0 Å². The highest BCUT2D eigenvalue weighted by Crippen LogP contribution is 2.04. The van der Waals surface area contributed by atoms with E-state index in [1.54, 1.807) is 6.20 Å². The van der Waals surface area contributed by atoms with Gasteiger partial charge in [0.1, 0.15) is 5.76 Å². The third-order valence-electron chi connectivity index (χ3n) is 2.22. The van der Waals surface area contributed by atoms with Crippen LogP contribution in [0.5, 0.6) is 0 Å². The second kappa shape index (κ2) is 4.79. The van der Waals surface area contributed by atoms with Crippen LogP contribution in [0.4, 0.5) is 0 Å². The highest BCUT2D eigenvalue weighted by Gasteiger charge is 2.01. The summed E-state index contributed by atoms with van der Waals surface area (Å²) in [6, 6.07) is 2.04. The van der Waals surface area contributed by atoms with Crippen molar-refractivity contribution in [2.24, 2.45) is 0 Å². The molecule has 0 fully saturated rings. The summed E-state index contributed by atoms with van der Waals surface area (Å²) in [4.78, 5) is 7.18. The predicted molar refractivity (Wildman–Crippen MR) is 57.2 cm³/mol. The standard InChI is InChI=1S/C11H15N3O/c1-2-10-7-14-11(15-10)8-13-6-9-3-4-12-5-9/h3-5,7,12-13H,2,6,8H2,1H3. The molecule has 2 N–H and O–H groups in total. The molecule has 0 saturated carbocycles. The zero-order valence-electron chi connectivity index (χ0n) is 8.79. The van der Waals surface area contributed by atoms with Gasteiger partial charge in [-0.3, -0.25) is 0 Å². The minimum atomic E-state index is 0.672. The summed E-state index contributed by atoms with van der Waals surface area (Å²) in [6.45, 7) is 3.55. The van der Waals surface area contributed by atoms with E-state index in [0.717, 1.165) is 24.6 Å². The first-order chi connectivity index (χ1) is 7.38. The van der Waals surface area contributed by atoms with E-state index in [9.17, 15) is 0 Å². The lowest BCUT2D eigenvalue weighted by molar-refractivity contribution is 0.439. The third kappa shape index (κ3) is 2.70. The Bertz CT molecular complexity index is 392. The molecule has 0 aliphatic heterocycles. The van der Waals surface area contributed by atoms with Gasteiger partial charge in [0, 0.05) is 25.4 Å². The lowest BCUT2D eigenvalue weighted by Crippen LogP contribution is -2.12. The molecule has 0 bridgehead atoms. The number of nitrogens with zero attached hydrogens (tertiary/aromatic N) is 1. The van der Waals surface area contributed by atoms with Gasteiger partial charge in [-0.05, 0) is 11.6 Å². The Kier molecular flexibility index (Phi) is 3.19. The zero-order chi connectivity index (χ0) is 10.5. The van der Waals surface area contributed by atoms with Crippen LogP contribution in [-0.2, 0) is 19.5 Å². The van der Waals surface area contributed by atoms with Crippen molar-refractivity contribution >= 4 is 0 Å². The van der Waals surface area contributed by atoms with Crippen LogP contribution in [0.25, 0.3) is 0 Å². The van der Waals surface area contributed by atoms with Crippen LogP contribution in [-0.4, -0.2) is 9.97 Å². The molecule has 80 valence electrons. The van der Waals surface area contributed by atoms with Crippen molar-refractivity contribution in [1.29, 1.82) is 0 Å². The van der Waals surface area contributed by atoms with Crippen molar-refractivity contribution in [3.8, 4) is 0 Å². The molecule has 0 atom stereocenters. The number of oxazole rings is 1. The van der Waals surface area contributed by atoms with Gasteiger partial charge in [0.15, 0.2) is 0 Å². The van der Waals surface area contributed by atoms with E-state index < -0.39 is 0 Å². The zero-order valence-corrected chi connectivity index (χ0v) is 8.79. The maximum atomic E-state index is 5.47. The van der Waals surface area contributed by atoms with Crippen molar-refractivity contribution in [2.45, 2.75) is 26.4 Å². The van der Waals surface area contributed by atoms with Crippen molar-refractivity contribution in [3.63, 3.8) is 0 Å². The number of aromatic nitrogens is 2. The normalized spacial score (nSPS) is 10.7. The second-order valence-corrected chi connectivity index (χ2v) is 3.40. The van der Waals surface area contributed by atoms with Gasteiger partial charge in [-0.2, -0.15) is 0 Å². The van der Waals surface area contributed by atoms with Crippen molar-refractivity contribution < 1.29 is 4.42 Å². The van der Waals surface area contributed by atoms with E-state index in [1.807, 2.05) is 18.5 Å². The molecule has 2 aromatic rings. The summed E-state index contributed by atoms with van der Waals surface area (Å²) in [7, 11) is 0. The maximum Gasteiger partial charge on any atom is 0.208 e. The summed E-state index contributed by atoms with van der Waals surface area (Å²) >= 11 is 0. The Hall–Kier alpha value is -1.55. The average molecular weight is 205 g/mol. The summed E-state index contributed by atoms with van der Waals surface area (Å²) < 4.78 is 5.47. The Balaban J connectivity index is 1.78. The molecule has 0 aromatic carbocycles. The van der Waals surface area contributed by atoms with E-state index in [-0.39, 0.29) is 0 Å². The first-order valence-corrected chi connectivity index (χ1v) is 5.14. The van der Waals surface area contributed by atoms with Crippen molar-refractivity contribution in [1.82, 2.24) is 15.3 Å². The molecule has 0 saturated heterocycles. The second-order valence-electron chi connectivity index (χ2n) is 3.40. The van der Waals surface area contributed by atoms with E-state index in [0.29, 0.717) is 6.54 Å². The molecule has 0 aliphatic rings. The average Bonchev–Trinajstić information content (AvgIpc) is 2.88. The van der Waals surface area contributed by atoms with Crippen molar-refractivity contribution in [2.75, 3.05) is 0 Å². The molecule has 15 heavy (non-hydrogen) atoms. The lowest BCUT2D eigenvalue weighted by atomic mass is 10.3. The van der Waals surface area contributed by atoms with E-state index in [4.69, 9.17) is 4.42 Å². The van der Waals surface area contributed by atoms with Gasteiger partial charge in [-0.25, -0.2) is 4.98 Å². The number of aromatic amines is 1. The molecule has 0 radical (unpaired) electrons. The van der Waals surface area contributed by atoms with Gasteiger partial charge in [0.25, 0.3) is 0 Å². The Morgan fingerprint density at radius 1 is 1.47 bits per heavy atom. The summed E-state index contributed by atoms with van der Waals surface area (Å²) in [5, 5.41) is 3.27. The van der Waals surface area contributed by atoms with E-state index in [2.05, 4.69) is 22.2 Å². The van der Waals surface area contributed by atoms with Crippen molar-refractivity contribution in [3.05, 3.63) is 41.9 Å². The quantitative estimate of drug-likeness (QED) is 0.783. The first-order valence-electron chi connectivity index (χ1n) is 5.14. The molecule has 0 unspecified atom stereocenters. The number of nitrogens with one attached hydrogen (secondary N) is 2. The SMILES string of the molecule is CCc1cnc(CNCc2cc[nH]c2)o1. The van der Waals surface area contributed by atoms with Gasteiger partial charge >= 0.3 is 0 Å². The topological polar surface area (TPSA) is 53.9 Å². The van der Waals surface area contributed by atoms with Crippen LogP contribution in [0.15, 0.2) is 29.1 Å². The van der Waals surface area contributed by atoms with Gasteiger partial charge in [-0.1, -0.05) is 6.92 Å². The van der Waals surface area contributed by atoms with Crippen LogP contribution in [0.3, 0.4) is 0 Å². The number of aryl methyl sites for hydroxylation is 1. The molecular weight excluding hydrogens is 190 g/mol. The van der Waals surface area contributed by atoms with E-state index in [1.165, 1.54) is 5.56 Å². The molecule has 4 heteroatoms.